The van der Waals surface area contributed by atoms with Gasteiger partial charge in [-0.25, -0.2) is 0 Å². The van der Waals surface area contributed by atoms with Crippen molar-refractivity contribution in [2.24, 2.45) is 0 Å². The van der Waals surface area contributed by atoms with Crippen LogP contribution in [0.4, 0.5) is 0 Å². The molecule has 94 valence electrons. The van der Waals surface area contributed by atoms with Crippen molar-refractivity contribution in [1.82, 2.24) is 0 Å². The average molecular weight is 252 g/mol. The molecule has 0 saturated carbocycles. The molecular weight excluding hydrogens is 232 g/mol. The Labute approximate surface area is 108 Å². The number of ketones is 1. The number of hydrogen-bond donors (Lipinski definition) is 0. The second-order valence-corrected chi connectivity index (χ2v) is 5.74. The fraction of sp³-hybridized carbons (Fsp3) is 0.500. The number of thioether (sulfide) groups is 1. The quantitative estimate of drug-likeness (QED) is 0.718. The van der Waals surface area contributed by atoms with Crippen LogP contribution < -0.4 is 4.74 Å². The zero-order chi connectivity index (χ0) is 12.8. The van der Waals surface area contributed by atoms with Crippen LogP contribution in [0, 0.1) is 0 Å². The van der Waals surface area contributed by atoms with Gasteiger partial charge in [-0.1, -0.05) is 13.8 Å². The van der Waals surface area contributed by atoms with Crippen LogP contribution >= 0.6 is 11.8 Å². The van der Waals surface area contributed by atoms with Crippen LogP contribution in [0.3, 0.4) is 0 Å². The van der Waals surface area contributed by atoms with Crippen molar-refractivity contribution in [3.8, 4) is 5.75 Å². The Morgan fingerprint density at radius 1 is 1.41 bits per heavy atom. The first kappa shape index (κ1) is 14.1. The smallest absolute Gasteiger partial charge is 0.159 e. The molecule has 0 aliphatic heterocycles. The first-order valence-corrected chi connectivity index (χ1v) is 6.97. The van der Waals surface area contributed by atoms with Crippen molar-refractivity contribution in [2.45, 2.75) is 38.7 Å². The van der Waals surface area contributed by atoms with E-state index in [0.29, 0.717) is 11.9 Å². The van der Waals surface area contributed by atoms with Gasteiger partial charge in [0.2, 0.25) is 0 Å². The van der Waals surface area contributed by atoms with Crippen molar-refractivity contribution in [1.29, 1.82) is 0 Å². The summed E-state index contributed by atoms with van der Waals surface area (Å²) < 4.78 is 5.58. The molecule has 1 aromatic rings. The Kier molecular flexibility index (Phi) is 5.56. The lowest BCUT2D eigenvalue weighted by Crippen LogP contribution is -2.00. The first-order valence-electron chi connectivity index (χ1n) is 5.92. The van der Waals surface area contributed by atoms with E-state index in [2.05, 4.69) is 13.8 Å². The lowest BCUT2D eigenvalue weighted by atomic mass is 10.1. The second-order valence-electron chi connectivity index (χ2n) is 4.17. The van der Waals surface area contributed by atoms with Gasteiger partial charge in [-0.05, 0) is 37.3 Å². The number of rotatable bonds is 6. The van der Waals surface area contributed by atoms with Gasteiger partial charge in [0.1, 0.15) is 5.75 Å². The molecule has 0 atom stereocenters. The van der Waals surface area contributed by atoms with Crippen molar-refractivity contribution in [3.05, 3.63) is 29.3 Å². The molecule has 0 bridgehead atoms. The van der Waals surface area contributed by atoms with Gasteiger partial charge < -0.3 is 4.74 Å². The summed E-state index contributed by atoms with van der Waals surface area (Å²) in [5, 5.41) is 0.575. The minimum atomic E-state index is 0.101. The van der Waals surface area contributed by atoms with Crippen molar-refractivity contribution in [2.75, 3.05) is 6.61 Å². The summed E-state index contributed by atoms with van der Waals surface area (Å²) in [5.74, 6) is 1.88. The maximum atomic E-state index is 11.4. The van der Waals surface area contributed by atoms with E-state index in [9.17, 15) is 4.79 Å². The van der Waals surface area contributed by atoms with Crippen LogP contribution in [0.2, 0.25) is 0 Å². The zero-order valence-electron chi connectivity index (χ0n) is 10.9. The Morgan fingerprint density at radius 3 is 2.65 bits per heavy atom. The lowest BCUT2D eigenvalue weighted by molar-refractivity contribution is 0.101. The summed E-state index contributed by atoms with van der Waals surface area (Å²) in [5.41, 5.74) is 1.87. The van der Waals surface area contributed by atoms with Crippen molar-refractivity contribution >= 4 is 17.5 Å². The number of ether oxygens (including phenoxy) is 1. The summed E-state index contributed by atoms with van der Waals surface area (Å²) in [7, 11) is 0. The fourth-order valence-corrected chi connectivity index (χ4v) is 2.20. The number of carbonyl (C=O) groups is 1. The second kappa shape index (κ2) is 6.70. The van der Waals surface area contributed by atoms with Crippen LogP contribution in [0.5, 0.6) is 5.75 Å². The Balaban J connectivity index is 2.93. The maximum absolute atomic E-state index is 11.4. The largest absolute Gasteiger partial charge is 0.494 e. The Bertz CT molecular complexity index is 386. The molecule has 0 aliphatic rings. The average Bonchev–Trinajstić information content (AvgIpc) is 2.27. The Hall–Kier alpha value is -0.960. The van der Waals surface area contributed by atoms with Crippen molar-refractivity contribution in [3.63, 3.8) is 0 Å². The van der Waals surface area contributed by atoms with E-state index < -0.39 is 0 Å². The Morgan fingerprint density at radius 2 is 2.12 bits per heavy atom. The maximum Gasteiger partial charge on any atom is 0.159 e. The molecule has 2 nitrogen and oxygen atoms in total. The van der Waals surface area contributed by atoms with Gasteiger partial charge in [-0.2, -0.15) is 11.8 Å². The summed E-state index contributed by atoms with van der Waals surface area (Å²) in [6.45, 7) is 8.55. The third-order valence-corrected chi connectivity index (χ3v) is 3.48. The van der Waals surface area contributed by atoms with E-state index in [-0.39, 0.29) is 5.78 Å². The summed E-state index contributed by atoms with van der Waals surface area (Å²) in [4.78, 5) is 11.4. The molecule has 0 aliphatic carbocycles. The van der Waals surface area contributed by atoms with Gasteiger partial charge in [0.25, 0.3) is 0 Å². The highest BCUT2D eigenvalue weighted by molar-refractivity contribution is 7.99. The van der Waals surface area contributed by atoms with Crippen LogP contribution in [0.25, 0.3) is 0 Å². The molecule has 0 radical (unpaired) electrons. The van der Waals surface area contributed by atoms with E-state index >= 15 is 0 Å². The third-order valence-electron chi connectivity index (χ3n) is 2.34. The highest BCUT2D eigenvalue weighted by Gasteiger charge is 2.08. The summed E-state index contributed by atoms with van der Waals surface area (Å²) in [6.07, 6.45) is 0. The molecule has 1 rings (SSSR count). The van der Waals surface area contributed by atoms with Gasteiger partial charge in [-0.3, -0.25) is 4.79 Å². The molecule has 0 spiro atoms. The van der Waals surface area contributed by atoms with Gasteiger partial charge >= 0.3 is 0 Å². The van der Waals surface area contributed by atoms with Crippen LogP contribution in [-0.2, 0) is 5.75 Å². The van der Waals surface area contributed by atoms with Gasteiger partial charge in [-0.15, -0.1) is 0 Å². The number of benzene rings is 1. The van der Waals surface area contributed by atoms with E-state index in [1.54, 1.807) is 6.92 Å². The molecule has 1 aromatic carbocycles. The van der Waals surface area contributed by atoms with Gasteiger partial charge in [0, 0.05) is 16.9 Å². The molecule has 0 heterocycles. The third kappa shape index (κ3) is 4.43. The van der Waals surface area contributed by atoms with E-state index in [4.69, 9.17) is 4.74 Å². The van der Waals surface area contributed by atoms with Crippen molar-refractivity contribution < 1.29 is 9.53 Å². The molecule has 0 fully saturated rings. The lowest BCUT2D eigenvalue weighted by Gasteiger charge is -2.12. The number of Topliss-reactive ketones (excluding diaryl/α,β-unsaturated/α-hetero) is 1. The van der Waals surface area contributed by atoms with Crippen LogP contribution in [-0.4, -0.2) is 17.6 Å². The molecule has 3 heteroatoms. The monoisotopic (exact) mass is 252 g/mol. The molecule has 0 unspecified atom stereocenters. The SMILES string of the molecule is CCOc1ccc(C(C)=O)cc1CSC(C)C. The molecule has 17 heavy (non-hydrogen) atoms. The van der Waals surface area contributed by atoms with E-state index in [0.717, 1.165) is 22.6 Å². The predicted octanol–water partition coefficient (Wildman–Crippen LogP) is 3.93. The topological polar surface area (TPSA) is 26.3 Å². The highest BCUT2D eigenvalue weighted by Crippen LogP contribution is 2.26. The number of carbonyl (C=O) groups excluding carboxylic acids is 1. The fourth-order valence-electron chi connectivity index (χ4n) is 1.46. The van der Waals surface area contributed by atoms with Crippen LogP contribution in [0.15, 0.2) is 18.2 Å². The predicted molar refractivity (Wildman–Crippen MR) is 74.0 cm³/mol. The number of hydrogen-bond acceptors (Lipinski definition) is 3. The molecule has 0 saturated heterocycles. The minimum absolute atomic E-state index is 0.101. The molecule has 0 aromatic heterocycles. The zero-order valence-corrected chi connectivity index (χ0v) is 11.8. The minimum Gasteiger partial charge on any atom is -0.494 e. The van der Waals surface area contributed by atoms with E-state index in [1.807, 2.05) is 36.9 Å². The van der Waals surface area contributed by atoms with Crippen LogP contribution in [0.1, 0.15) is 43.6 Å². The van der Waals surface area contributed by atoms with Gasteiger partial charge in [0.05, 0.1) is 6.61 Å². The van der Waals surface area contributed by atoms with Gasteiger partial charge in [0.15, 0.2) is 5.78 Å². The normalized spacial score (nSPS) is 10.6. The summed E-state index contributed by atoms with van der Waals surface area (Å²) >= 11 is 1.85. The first-order chi connectivity index (χ1) is 8.04. The molecule has 0 amide bonds. The summed E-state index contributed by atoms with van der Waals surface area (Å²) in [6, 6.07) is 5.68. The molecule has 0 N–H and O–H groups in total. The van der Waals surface area contributed by atoms with E-state index in [1.165, 1.54) is 0 Å². The standard InChI is InChI=1S/C14H20O2S/c1-5-16-14-7-6-12(11(4)15)8-13(14)9-17-10(2)3/h6-8,10H,5,9H2,1-4H3. The highest BCUT2D eigenvalue weighted by atomic mass is 32.2. The molecular formula is C14H20O2S.